The maximum atomic E-state index is 6.06. The summed E-state index contributed by atoms with van der Waals surface area (Å²) in [6.45, 7) is 0. The van der Waals surface area contributed by atoms with E-state index in [1.165, 1.54) is 0 Å². The number of hydrogen-bond acceptors (Lipinski definition) is 4. The van der Waals surface area contributed by atoms with Gasteiger partial charge in [0.25, 0.3) is 0 Å². The van der Waals surface area contributed by atoms with Crippen molar-refractivity contribution in [3.63, 3.8) is 0 Å². The zero-order chi connectivity index (χ0) is 16.1. The quantitative estimate of drug-likeness (QED) is 0.417. The molecule has 114 valence electrons. The van der Waals surface area contributed by atoms with Crippen LogP contribution in [-0.4, -0.2) is 16.2 Å². The summed E-state index contributed by atoms with van der Waals surface area (Å²) in [4.78, 5) is 8.63. The first kappa shape index (κ1) is 15.5. The van der Waals surface area contributed by atoms with E-state index in [-0.39, 0.29) is 0 Å². The minimum Gasteiger partial charge on any atom is -0.261 e. The van der Waals surface area contributed by atoms with Crippen LogP contribution in [0.5, 0.6) is 0 Å². The molecule has 1 heterocycles. The summed E-state index contributed by atoms with van der Waals surface area (Å²) >= 11 is 12.0. The molecule has 23 heavy (non-hydrogen) atoms. The minimum absolute atomic E-state index is 0.347. The SMILES string of the molecule is Clc1cccc(/C=N\Nc2cc(Cl)nc(-c3ccccc3)n2)c1. The van der Waals surface area contributed by atoms with Crippen molar-refractivity contribution < 1.29 is 0 Å². The largest absolute Gasteiger partial charge is 0.261 e. The lowest BCUT2D eigenvalue weighted by molar-refractivity contribution is 1.15. The number of hydrazone groups is 1. The molecule has 0 bridgehead atoms. The molecule has 0 fully saturated rings. The van der Waals surface area contributed by atoms with E-state index in [4.69, 9.17) is 23.2 Å². The zero-order valence-electron chi connectivity index (χ0n) is 11.9. The van der Waals surface area contributed by atoms with Crippen LogP contribution in [0, 0.1) is 0 Å². The summed E-state index contributed by atoms with van der Waals surface area (Å²) in [5, 5.41) is 5.15. The Kier molecular flexibility index (Phi) is 4.86. The lowest BCUT2D eigenvalue weighted by Gasteiger charge is -2.04. The van der Waals surface area contributed by atoms with Crippen LogP contribution < -0.4 is 5.43 Å². The Balaban J connectivity index is 1.79. The summed E-state index contributed by atoms with van der Waals surface area (Å²) in [5.74, 6) is 1.06. The topological polar surface area (TPSA) is 50.2 Å². The number of hydrogen-bond donors (Lipinski definition) is 1. The third-order valence-corrected chi connectivity index (χ3v) is 3.40. The van der Waals surface area contributed by atoms with E-state index < -0.39 is 0 Å². The maximum absolute atomic E-state index is 6.06. The number of nitrogens with one attached hydrogen (secondary N) is 1. The van der Waals surface area contributed by atoms with Gasteiger partial charge in [-0.1, -0.05) is 65.7 Å². The third kappa shape index (κ3) is 4.28. The molecule has 0 spiro atoms. The minimum atomic E-state index is 0.347. The van der Waals surface area contributed by atoms with Gasteiger partial charge in [-0.2, -0.15) is 5.10 Å². The van der Waals surface area contributed by atoms with Crippen molar-refractivity contribution in [3.8, 4) is 11.4 Å². The summed E-state index contributed by atoms with van der Waals surface area (Å²) in [6, 6.07) is 18.6. The summed E-state index contributed by atoms with van der Waals surface area (Å²) < 4.78 is 0. The molecule has 3 rings (SSSR count). The second-order valence-corrected chi connectivity index (χ2v) is 5.51. The lowest BCUT2D eigenvalue weighted by atomic mass is 10.2. The molecule has 0 aliphatic heterocycles. The van der Waals surface area contributed by atoms with Crippen LogP contribution in [0.25, 0.3) is 11.4 Å². The van der Waals surface area contributed by atoms with Crippen molar-refractivity contribution >= 4 is 35.2 Å². The van der Waals surface area contributed by atoms with Crippen LogP contribution >= 0.6 is 23.2 Å². The molecule has 0 unspecified atom stereocenters. The fourth-order valence-electron chi connectivity index (χ4n) is 1.95. The highest BCUT2D eigenvalue weighted by molar-refractivity contribution is 6.30. The van der Waals surface area contributed by atoms with Crippen LogP contribution in [0.3, 0.4) is 0 Å². The molecule has 0 aliphatic rings. The van der Waals surface area contributed by atoms with Gasteiger partial charge in [0.15, 0.2) is 11.6 Å². The Hall–Kier alpha value is -2.43. The number of anilines is 1. The monoisotopic (exact) mass is 342 g/mol. The molecule has 3 aromatic rings. The van der Waals surface area contributed by atoms with Crippen LogP contribution in [0.4, 0.5) is 5.82 Å². The van der Waals surface area contributed by atoms with Crippen molar-refractivity contribution in [2.75, 3.05) is 5.43 Å². The van der Waals surface area contributed by atoms with Gasteiger partial charge in [-0.05, 0) is 17.7 Å². The fraction of sp³-hybridized carbons (Fsp3) is 0. The van der Waals surface area contributed by atoms with Crippen LogP contribution in [-0.2, 0) is 0 Å². The van der Waals surface area contributed by atoms with E-state index >= 15 is 0 Å². The Morgan fingerprint density at radius 1 is 0.913 bits per heavy atom. The fourth-order valence-corrected chi connectivity index (χ4v) is 2.33. The Bertz CT molecular complexity index is 835. The second kappa shape index (κ2) is 7.22. The Morgan fingerprint density at radius 3 is 2.52 bits per heavy atom. The number of benzene rings is 2. The first-order valence-corrected chi connectivity index (χ1v) is 7.61. The maximum Gasteiger partial charge on any atom is 0.163 e. The molecule has 0 amide bonds. The summed E-state index contributed by atoms with van der Waals surface area (Å²) in [5.41, 5.74) is 4.62. The van der Waals surface area contributed by atoms with Gasteiger partial charge in [0.2, 0.25) is 0 Å². The molecular weight excluding hydrogens is 331 g/mol. The molecule has 0 saturated carbocycles. The molecule has 0 aliphatic carbocycles. The molecule has 6 heteroatoms. The van der Waals surface area contributed by atoms with E-state index in [9.17, 15) is 0 Å². The molecule has 4 nitrogen and oxygen atoms in total. The van der Waals surface area contributed by atoms with Crippen LogP contribution in [0.1, 0.15) is 5.56 Å². The van der Waals surface area contributed by atoms with Gasteiger partial charge >= 0.3 is 0 Å². The second-order valence-electron chi connectivity index (χ2n) is 4.69. The zero-order valence-corrected chi connectivity index (χ0v) is 13.5. The van der Waals surface area contributed by atoms with Crippen LogP contribution in [0.15, 0.2) is 65.8 Å². The summed E-state index contributed by atoms with van der Waals surface area (Å²) in [6.07, 6.45) is 1.66. The smallest absolute Gasteiger partial charge is 0.163 e. The first-order valence-electron chi connectivity index (χ1n) is 6.85. The van der Waals surface area contributed by atoms with Gasteiger partial charge in [-0.25, -0.2) is 9.97 Å². The van der Waals surface area contributed by atoms with Crippen LogP contribution in [0.2, 0.25) is 10.2 Å². The van der Waals surface area contributed by atoms with Crippen molar-refractivity contribution in [1.29, 1.82) is 0 Å². The van der Waals surface area contributed by atoms with Crippen molar-refractivity contribution in [3.05, 3.63) is 76.4 Å². The normalized spacial score (nSPS) is 10.9. The van der Waals surface area contributed by atoms with E-state index in [1.54, 1.807) is 12.3 Å². The Labute approximate surface area is 143 Å². The highest BCUT2D eigenvalue weighted by Crippen LogP contribution is 2.20. The standard InChI is InChI=1S/C17H12Cl2N4/c18-14-8-4-5-12(9-14)11-20-23-16-10-15(19)21-17(22-16)13-6-2-1-3-7-13/h1-11H,(H,21,22,23)/b20-11-. The van der Waals surface area contributed by atoms with Gasteiger partial charge < -0.3 is 0 Å². The number of rotatable bonds is 4. The van der Waals surface area contributed by atoms with Gasteiger partial charge in [0.05, 0.1) is 6.21 Å². The van der Waals surface area contributed by atoms with Crippen molar-refractivity contribution in [1.82, 2.24) is 9.97 Å². The van der Waals surface area contributed by atoms with E-state index in [2.05, 4.69) is 20.5 Å². The predicted molar refractivity (Wildman–Crippen MR) is 95.1 cm³/mol. The lowest BCUT2D eigenvalue weighted by Crippen LogP contribution is -1.97. The van der Waals surface area contributed by atoms with Gasteiger partial charge in [0.1, 0.15) is 5.15 Å². The van der Waals surface area contributed by atoms with Crippen molar-refractivity contribution in [2.24, 2.45) is 5.10 Å². The Morgan fingerprint density at radius 2 is 1.74 bits per heavy atom. The number of nitrogens with zero attached hydrogens (tertiary/aromatic N) is 3. The molecular formula is C17H12Cl2N4. The van der Waals surface area contributed by atoms with E-state index in [0.717, 1.165) is 11.1 Å². The van der Waals surface area contributed by atoms with Gasteiger partial charge in [-0.15, -0.1) is 0 Å². The average molecular weight is 343 g/mol. The molecule has 1 aromatic heterocycles. The molecule has 0 radical (unpaired) electrons. The third-order valence-electron chi connectivity index (χ3n) is 2.97. The highest BCUT2D eigenvalue weighted by atomic mass is 35.5. The molecule has 0 saturated heterocycles. The highest BCUT2D eigenvalue weighted by Gasteiger charge is 2.05. The first-order chi connectivity index (χ1) is 11.2. The average Bonchev–Trinajstić information content (AvgIpc) is 2.55. The van der Waals surface area contributed by atoms with Gasteiger partial charge in [0, 0.05) is 16.7 Å². The molecule has 1 N–H and O–H groups in total. The van der Waals surface area contributed by atoms with Gasteiger partial charge in [-0.3, -0.25) is 5.43 Å². The molecule has 0 atom stereocenters. The number of aromatic nitrogens is 2. The predicted octanol–water partition coefficient (Wildman–Crippen LogP) is 4.90. The number of halogens is 2. The van der Waals surface area contributed by atoms with E-state index in [0.29, 0.717) is 21.8 Å². The molecule has 2 aromatic carbocycles. The summed E-state index contributed by atoms with van der Waals surface area (Å²) in [7, 11) is 0. The van der Waals surface area contributed by atoms with Crippen molar-refractivity contribution in [2.45, 2.75) is 0 Å². The van der Waals surface area contributed by atoms with E-state index in [1.807, 2.05) is 54.6 Å².